The zero-order chi connectivity index (χ0) is 25.0. The largest absolute Gasteiger partial charge is 0.262 e. The lowest BCUT2D eigenvalue weighted by Gasteiger charge is -2.08. The Kier molecular flexibility index (Phi) is 12.2. The van der Waals surface area contributed by atoms with Gasteiger partial charge in [-0.15, -0.1) is 0 Å². The number of hydrogen-bond donors (Lipinski definition) is 0. The highest BCUT2D eigenvalue weighted by atomic mass is 35.5. The number of nitriles is 2. The number of halogens is 2. The van der Waals surface area contributed by atoms with Gasteiger partial charge in [0.15, 0.2) is 0 Å². The Labute approximate surface area is 207 Å². The zero-order valence-corrected chi connectivity index (χ0v) is 21.5. The Morgan fingerprint density at radius 3 is 1.67 bits per heavy atom. The molecule has 1 aromatic carbocycles. The van der Waals surface area contributed by atoms with E-state index in [0.29, 0.717) is 33.4 Å². The molecule has 4 nitrogen and oxygen atoms in total. The van der Waals surface area contributed by atoms with Gasteiger partial charge in [-0.2, -0.15) is 10.5 Å². The first-order valence-corrected chi connectivity index (χ1v) is 11.5. The Hall–Kier alpha value is -2.92. The highest BCUT2D eigenvalue weighted by Crippen LogP contribution is 2.29. The second kappa shape index (κ2) is 14.3. The monoisotopic (exact) mass is 480 g/mol. The van der Waals surface area contributed by atoms with Crippen molar-refractivity contribution in [1.29, 1.82) is 10.5 Å². The van der Waals surface area contributed by atoms with Crippen LogP contribution in [0.5, 0.6) is 0 Å². The molecule has 33 heavy (non-hydrogen) atoms. The summed E-state index contributed by atoms with van der Waals surface area (Å²) in [5, 5.41) is 18.7. The SMILES string of the molecule is CC(C)c1c(Cl)cncc1Cl.CC(C)c1ccccc1C#N.CC(C)c1ncccc1C#N. The zero-order valence-electron chi connectivity index (χ0n) is 20.0. The molecule has 0 fully saturated rings. The summed E-state index contributed by atoms with van der Waals surface area (Å²) >= 11 is 11.8. The first kappa shape index (κ1) is 28.1. The van der Waals surface area contributed by atoms with E-state index in [4.69, 9.17) is 33.7 Å². The maximum Gasteiger partial charge on any atom is 0.101 e. The molecule has 0 aliphatic heterocycles. The van der Waals surface area contributed by atoms with Gasteiger partial charge in [-0.05, 0) is 47.1 Å². The van der Waals surface area contributed by atoms with Gasteiger partial charge < -0.3 is 0 Å². The molecule has 0 saturated heterocycles. The average Bonchev–Trinajstić information content (AvgIpc) is 2.79. The molecular weight excluding hydrogens is 451 g/mol. The number of hydrogen-bond acceptors (Lipinski definition) is 4. The van der Waals surface area contributed by atoms with E-state index in [1.54, 1.807) is 30.7 Å². The van der Waals surface area contributed by atoms with Gasteiger partial charge in [-0.1, -0.05) is 82.9 Å². The van der Waals surface area contributed by atoms with Gasteiger partial charge in [0, 0.05) is 18.6 Å². The first-order chi connectivity index (χ1) is 15.6. The van der Waals surface area contributed by atoms with Crippen LogP contribution in [-0.4, -0.2) is 9.97 Å². The fourth-order valence-electron chi connectivity index (χ4n) is 3.05. The van der Waals surface area contributed by atoms with E-state index in [2.05, 4.69) is 36.0 Å². The van der Waals surface area contributed by atoms with Crippen LogP contribution in [0.3, 0.4) is 0 Å². The van der Waals surface area contributed by atoms with Crippen LogP contribution in [0.2, 0.25) is 10.0 Å². The highest BCUT2D eigenvalue weighted by Gasteiger charge is 2.09. The van der Waals surface area contributed by atoms with Crippen LogP contribution >= 0.6 is 23.2 Å². The minimum absolute atomic E-state index is 0.325. The van der Waals surface area contributed by atoms with Crippen molar-refractivity contribution in [3.8, 4) is 12.1 Å². The van der Waals surface area contributed by atoms with Crippen molar-refractivity contribution < 1.29 is 0 Å². The number of aromatic nitrogens is 2. The summed E-state index contributed by atoms with van der Waals surface area (Å²) in [4.78, 5) is 7.99. The maximum absolute atomic E-state index is 8.72. The Balaban J connectivity index is 0.000000247. The Morgan fingerprint density at radius 2 is 1.27 bits per heavy atom. The van der Waals surface area contributed by atoms with Crippen molar-refractivity contribution in [1.82, 2.24) is 9.97 Å². The van der Waals surface area contributed by atoms with E-state index < -0.39 is 0 Å². The molecule has 2 heterocycles. The molecule has 0 amide bonds. The molecule has 0 saturated carbocycles. The molecule has 0 aliphatic rings. The smallest absolute Gasteiger partial charge is 0.101 e. The Bertz CT molecular complexity index is 1030. The van der Waals surface area contributed by atoms with Crippen LogP contribution in [-0.2, 0) is 0 Å². The predicted octanol–water partition coefficient (Wildman–Crippen LogP) is 8.27. The normalized spacial score (nSPS) is 9.97. The van der Waals surface area contributed by atoms with Crippen LogP contribution in [0.1, 0.15) is 87.2 Å². The number of nitrogens with zero attached hydrogens (tertiary/aromatic N) is 4. The quantitative estimate of drug-likeness (QED) is 0.377. The van der Waals surface area contributed by atoms with E-state index in [-0.39, 0.29) is 0 Å². The van der Waals surface area contributed by atoms with Gasteiger partial charge in [-0.25, -0.2) is 0 Å². The topological polar surface area (TPSA) is 73.4 Å². The van der Waals surface area contributed by atoms with Crippen molar-refractivity contribution in [2.45, 2.75) is 59.3 Å². The van der Waals surface area contributed by atoms with Crippen LogP contribution in [0.15, 0.2) is 55.0 Å². The lowest BCUT2D eigenvalue weighted by Crippen LogP contribution is -1.95. The molecule has 172 valence electrons. The molecule has 0 atom stereocenters. The molecule has 0 spiro atoms. The summed E-state index contributed by atoms with van der Waals surface area (Å²) in [5.41, 5.74) is 4.47. The lowest BCUT2D eigenvalue weighted by atomic mass is 9.98. The first-order valence-electron chi connectivity index (χ1n) is 10.8. The van der Waals surface area contributed by atoms with Gasteiger partial charge in [0.05, 0.1) is 32.9 Å². The van der Waals surface area contributed by atoms with E-state index in [1.807, 2.05) is 52.0 Å². The summed E-state index contributed by atoms with van der Waals surface area (Å²) in [6.07, 6.45) is 4.95. The third-order valence-electron chi connectivity index (χ3n) is 4.68. The third kappa shape index (κ3) is 8.85. The van der Waals surface area contributed by atoms with Gasteiger partial charge in [0.25, 0.3) is 0 Å². The second-order valence-electron chi connectivity index (χ2n) is 8.23. The third-order valence-corrected chi connectivity index (χ3v) is 5.28. The van der Waals surface area contributed by atoms with Crippen molar-refractivity contribution in [3.63, 3.8) is 0 Å². The average molecular weight is 481 g/mol. The molecule has 0 bridgehead atoms. The molecular formula is C27H30Cl2N4. The molecule has 0 aliphatic carbocycles. The van der Waals surface area contributed by atoms with Crippen LogP contribution in [0.4, 0.5) is 0 Å². The summed E-state index contributed by atoms with van der Waals surface area (Å²) in [5.74, 6) is 1.11. The van der Waals surface area contributed by atoms with E-state index in [9.17, 15) is 0 Å². The van der Waals surface area contributed by atoms with Crippen molar-refractivity contribution in [2.75, 3.05) is 0 Å². The van der Waals surface area contributed by atoms with Crippen molar-refractivity contribution in [2.24, 2.45) is 0 Å². The molecule has 2 aromatic heterocycles. The molecule has 3 rings (SSSR count). The molecule has 3 aromatic rings. The fourth-order valence-corrected chi connectivity index (χ4v) is 3.85. The van der Waals surface area contributed by atoms with Gasteiger partial charge in [-0.3, -0.25) is 9.97 Å². The summed E-state index contributed by atoms with van der Waals surface area (Å²) in [6.45, 7) is 12.3. The van der Waals surface area contributed by atoms with Gasteiger partial charge in [0.2, 0.25) is 0 Å². The van der Waals surface area contributed by atoms with Crippen LogP contribution in [0, 0.1) is 22.7 Å². The number of rotatable bonds is 3. The lowest BCUT2D eigenvalue weighted by molar-refractivity contribution is 0.818. The van der Waals surface area contributed by atoms with Gasteiger partial charge >= 0.3 is 0 Å². The summed E-state index contributed by atoms with van der Waals surface area (Å²) in [6, 6.07) is 15.6. The van der Waals surface area contributed by atoms with E-state index >= 15 is 0 Å². The fraction of sp³-hybridized carbons (Fsp3) is 0.333. The molecule has 0 unspecified atom stereocenters. The van der Waals surface area contributed by atoms with E-state index in [0.717, 1.165) is 22.4 Å². The summed E-state index contributed by atoms with van der Waals surface area (Å²) in [7, 11) is 0. The minimum Gasteiger partial charge on any atom is -0.262 e. The Morgan fingerprint density at radius 1 is 0.727 bits per heavy atom. The number of benzene rings is 1. The van der Waals surface area contributed by atoms with Gasteiger partial charge in [0.1, 0.15) is 6.07 Å². The maximum atomic E-state index is 8.72. The van der Waals surface area contributed by atoms with Crippen LogP contribution < -0.4 is 0 Å². The summed E-state index contributed by atoms with van der Waals surface area (Å²) < 4.78 is 0. The van der Waals surface area contributed by atoms with E-state index in [1.165, 1.54) is 0 Å². The highest BCUT2D eigenvalue weighted by molar-refractivity contribution is 6.35. The second-order valence-corrected chi connectivity index (χ2v) is 9.04. The minimum atomic E-state index is 0.325. The molecule has 0 radical (unpaired) electrons. The molecule has 0 N–H and O–H groups in total. The predicted molar refractivity (Wildman–Crippen MR) is 137 cm³/mol. The standard InChI is InChI=1S/C10H11N.C9H10N2.C8H9Cl2N/c1-8(2)10-6-4-3-5-9(10)7-11;1-7(2)9-8(6-10)4-3-5-11-9;1-5(2)8-6(9)3-11-4-7(8)10/h3-6,8H,1-2H3;3-5,7H,1-2H3;3-5H,1-2H3. The number of pyridine rings is 2. The van der Waals surface area contributed by atoms with Crippen LogP contribution in [0.25, 0.3) is 0 Å². The van der Waals surface area contributed by atoms with Crippen molar-refractivity contribution >= 4 is 23.2 Å². The van der Waals surface area contributed by atoms with Crippen molar-refractivity contribution in [3.05, 3.63) is 93.0 Å². The molecule has 6 heteroatoms.